The van der Waals surface area contributed by atoms with Gasteiger partial charge in [-0.25, -0.2) is 4.79 Å². The molecule has 172 valence electrons. The summed E-state index contributed by atoms with van der Waals surface area (Å²) in [5, 5.41) is 14.0. The fraction of sp³-hybridized carbons (Fsp3) is 0.333. The molecule has 2 aromatic heterocycles. The number of carbonyl (C=O) groups is 2. The molecule has 0 spiro atoms. The van der Waals surface area contributed by atoms with Crippen LogP contribution in [-0.2, 0) is 10.3 Å². The second-order valence-corrected chi connectivity index (χ2v) is 8.75. The summed E-state index contributed by atoms with van der Waals surface area (Å²) in [5.74, 6) is 0.239. The van der Waals surface area contributed by atoms with E-state index in [1.165, 1.54) is 18.0 Å². The summed E-state index contributed by atoms with van der Waals surface area (Å²) in [4.78, 5) is 32.7. The number of carbonyl (C=O) groups excluding carboxylic acids is 2. The minimum Gasteiger partial charge on any atom is -0.408 e. The topological polar surface area (TPSA) is 101 Å². The monoisotopic (exact) mass is 449 g/mol. The fourth-order valence-electron chi connectivity index (χ4n) is 3.90. The molecule has 9 nitrogen and oxygen atoms in total. The van der Waals surface area contributed by atoms with Gasteiger partial charge in [0.1, 0.15) is 0 Å². The van der Waals surface area contributed by atoms with E-state index in [0.29, 0.717) is 17.1 Å². The van der Waals surface area contributed by atoms with Crippen LogP contribution in [0, 0.1) is 0 Å². The Morgan fingerprint density at radius 2 is 1.97 bits per heavy atom. The summed E-state index contributed by atoms with van der Waals surface area (Å²) in [6.45, 7) is 7.41. The smallest absolute Gasteiger partial charge is 0.408 e. The van der Waals surface area contributed by atoms with Gasteiger partial charge in [-0.1, -0.05) is 6.07 Å². The van der Waals surface area contributed by atoms with Gasteiger partial charge in [-0.2, -0.15) is 5.10 Å². The molecule has 3 aromatic rings. The van der Waals surface area contributed by atoms with Crippen molar-refractivity contribution in [2.75, 3.05) is 23.0 Å². The second-order valence-electron chi connectivity index (χ2n) is 8.75. The number of aromatic nitrogens is 3. The molecule has 0 fully saturated rings. The first-order valence-corrected chi connectivity index (χ1v) is 10.7. The first-order valence-electron chi connectivity index (χ1n) is 10.7. The highest BCUT2D eigenvalue weighted by atomic mass is 16.6. The number of rotatable bonds is 4. The van der Waals surface area contributed by atoms with E-state index >= 15 is 0 Å². The van der Waals surface area contributed by atoms with Crippen LogP contribution in [0.4, 0.5) is 16.2 Å². The van der Waals surface area contributed by atoms with Crippen molar-refractivity contribution in [1.82, 2.24) is 14.8 Å². The molecule has 9 heteroatoms. The number of nitrogens with zero attached hydrogens (tertiary/aromatic N) is 5. The van der Waals surface area contributed by atoms with Gasteiger partial charge in [-0.15, -0.1) is 0 Å². The van der Waals surface area contributed by atoms with Crippen LogP contribution in [0.1, 0.15) is 27.7 Å². The molecule has 2 amide bonds. The van der Waals surface area contributed by atoms with Gasteiger partial charge < -0.3 is 14.7 Å². The number of amides is 2. The maximum absolute atomic E-state index is 13.1. The maximum Gasteiger partial charge on any atom is 0.419 e. The zero-order valence-corrected chi connectivity index (χ0v) is 19.1. The molecule has 0 saturated carbocycles. The quantitative estimate of drug-likeness (QED) is 0.655. The van der Waals surface area contributed by atoms with Gasteiger partial charge in [0.2, 0.25) is 5.91 Å². The van der Waals surface area contributed by atoms with E-state index in [9.17, 15) is 14.7 Å². The Morgan fingerprint density at radius 1 is 1.18 bits per heavy atom. The van der Waals surface area contributed by atoms with Gasteiger partial charge in [0, 0.05) is 31.4 Å². The number of fused-ring (bicyclic) bond motifs is 1. The molecule has 0 radical (unpaired) electrons. The molecular formula is C24H27N5O4. The van der Waals surface area contributed by atoms with Gasteiger partial charge in [-0.3, -0.25) is 19.4 Å². The fourth-order valence-corrected chi connectivity index (χ4v) is 3.90. The number of benzene rings is 1. The molecule has 1 aromatic carbocycles. The Hall–Kier alpha value is -3.72. The molecular weight excluding hydrogens is 422 g/mol. The van der Waals surface area contributed by atoms with Crippen LogP contribution in [0.25, 0.3) is 11.1 Å². The predicted octanol–water partition coefficient (Wildman–Crippen LogP) is 3.43. The van der Waals surface area contributed by atoms with Crippen molar-refractivity contribution in [1.29, 1.82) is 0 Å². The van der Waals surface area contributed by atoms with E-state index in [1.54, 1.807) is 34.1 Å². The van der Waals surface area contributed by atoms with Crippen LogP contribution in [0.3, 0.4) is 0 Å². The minimum absolute atomic E-state index is 0.0578. The summed E-state index contributed by atoms with van der Waals surface area (Å²) in [7, 11) is 0. The standard InChI is InChI=1S/C24H27N5O4/c1-16-13-27(23(32)33-20-6-5-9-25-12-20)22-10-18(7-8-21(22)29(16)17(2)31)19-11-26-28(14-19)24(3,4)15-30/h5-12,14,16,30H,13,15H2,1-4H3/t16-/m0/s1. The number of aliphatic hydroxyl groups excluding tert-OH is 1. The van der Waals surface area contributed by atoms with E-state index in [-0.39, 0.29) is 25.1 Å². The molecule has 0 bridgehead atoms. The predicted molar refractivity (Wildman–Crippen MR) is 124 cm³/mol. The third-order valence-corrected chi connectivity index (χ3v) is 5.74. The lowest BCUT2D eigenvalue weighted by molar-refractivity contribution is -0.117. The third kappa shape index (κ3) is 4.31. The molecule has 3 heterocycles. The molecule has 1 N–H and O–H groups in total. The van der Waals surface area contributed by atoms with Crippen molar-refractivity contribution in [3.8, 4) is 16.9 Å². The van der Waals surface area contributed by atoms with Gasteiger partial charge in [0.15, 0.2) is 5.75 Å². The van der Waals surface area contributed by atoms with Crippen LogP contribution in [0.2, 0.25) is 0 Å². The summed E-state index contributed by atoms with van der Waals surface area (Å²) in [6.07, 6.45) is 6.09. The first-order chi connectivity index (χ1) is 15.7. The Labute approximate surface area is 192 Å². The van der Waals surface area contributed by atoms with E-state index in [1.807, 2.05) is 45.2 Å². The molecule has 0 aliphatic carbocycles. The van der Waals surface area contributed by atoms with E-state index in [2.05, 4.69) is 10.1 Å². The van der Waals surface area contributed by atoms with Crippen molar-refractivity contribution in [2.24, 2.45) is 0 Å². The van der Waals surface area contributed by atoms with Crippen LogP contribution in [0.5, 0.6) is 5.75 Å². The summed E-state index contributed by atoms with van der Waals surface area (Å²) in [6, 6.07) is 8.71. The zero-order chi connectivity index (χ0) is 23.8. The highest BCUT2D eigenvalue weighted by molar-refractivity contribution is 6.03. The lowest BCUT2D eigenvalue weighted by Gasteiger charge is -2.40. The minimum atomic E-state index is -0.549. The molecule has 0 saturated heterocycles. The molecule has 4 rings (SSSR count). The van der Waals surface area contributed by atoms with Crippen molar-refractivity contribution < 1.29 is 19.4 Å². The van der Waals surface area contributed by atoms with Crippen molar-refractivity contribution >= 4 is 23.4 Å². The Morgan fingerprint density at radius 3 is 2.64 bits per heavy atom. The third-order valence-electron chi connectivity index (χ3n) is 5.74. The number of ether oxygens (including phenoxy) is 1. The zero-order valence-electron chi connectivity index (χ0n) is 19.1. The molecule has 0 unspecified atom stereocenters. The molecule has 33 heavy (non-hydrogen) atoms. The summed E-state index contributed by atoms with van der Waals surface area (Å²) >= 11 is 0. The average Bonchev–Trinajstić information content (AvgIpc) is 3.30. The lowest BCUT2D eigenvalue weighted by Crippen LogP contribution is -2.52. The largest absolute Gasteiger partial charge is 0.419 e. The van der Waals surface area contributed by atoms with Crippen LogP contribution < -0.4 is 14.5 Å². The number of aliphatic hydroxyl groups is 1. The van der Waals surface area contributed by atoms with Crippen molar-refractivity contribution in [3.63, 3.8) is 0 Å². The molecule has 1 aliphatic heterocycles. The van der Waals surface area contributed by atoms with Crippen LogP contribution in [0.15, 0.2) is 55.1 Å². The van der Waals surface area contributed by atoms with E-state index in [4.69, 9.17) is 4.74 Å². The van der Waals surface area contributed by atoms with Gasteiger partial charge in [-0.05, 0) is 50.6 Å². The Bertz CT molecular complexity index is 1170. The first kappa shape index (κ1) is 22.5. The number of pyridine rings is 1. The van der Waals surface area contributed by atoms with Crippen LogP contribution in [-0.4, -0.2) is 51.1 Å². The lowest BCUT2D eigenvalue weighted by atomic mass is 10.0. The van der Waals surface area contributed by atoms with E-state index < -0.39 is 11.6 Å². The number of anilines is 2. The van der Waals surface area contributed by atoms with Crippen LogP contribution >= 0.6 is 0 Å². The average molecular weight is 450 g/mol. The maximum atomic E-state index is 13.1. The van der Waals surface area contributed by atoms with E-state index in [0.717, 1.165) is 11.1 Å². The summed E-state index contributed by atoms with van der Waals surface area (Å²) in [5.41, 5.74) is 2.31. The highest BCUT2D eigenvalue weighted by Gasteiger charge is 2.35. The van der Waals surface area contributed by atoms with Crippen molar-refractivity contribution in [3.05, 3.63) is 55.1 Å². The Kier molecular flexibility index (Phi) is 5.90. The Balaban J connectivity index is 1.74. The second kappa shape index (κ2) is 8.67. The van der Waals surface area contributed by atoms with Crippen molar-refractivity contribution in [2.45, 2.75) is 39.3 Å². The van der Waals surface area contributed by atoms with Gasteiger partial charge >= 0.3 is 6.09 Å². The molecule has 1 aliphatic rings. The summed E-state index contributed by atoms with van der Waals surface area (Å²) < 4.78 is 7.25. The molecule has 1 atom stereocenters. The number of hydrogen-bond acceptors (Lipinski definition) is 6. The van der Waals surface area contributed by atoms with Gasteiger partial charge in [0.05, 0.1) is 42.0 Å². The van der Waals surface area contributed by atoms with Gasteiger partial charge in [0.25, 0.3) is 0 Å². The normalized spacial score (nSPS) is 15.8. The highest BCUT2D eigenvalue weighted by Crippen LogP contribution is 2.39. The SMILES string of the molecule is CC(=O)N1c2ccc(-c3cnn(C(C)(C)CO)c3)cc2N(C(=O)Oc2cccnc2)C[C@@H]1C. The number of hydrogen-bond donors (Lipinski definition) is 1.